The first-order valence-electron chi connectivity index (χ1n) is 11.3. The number of nitrogens with one attached hydrogen (secondary N) is 1. The summed E-state index contributed by atoms with van der Waals surface area (Å²) in [5, 5.41) is 12.8. The highest BCUT2D eigenvalue weighted by atomic mass is 19.4. The van der Waals surface area contributed by atoms with E-state index < -0.39 is 30.8 Å². The lowest BCUT2D eigenvalue weighted by atomic mass is 9.89. The molecular weight excluding hydrogens is 459 g/mol. The largest absolute Gasteiger partial charge is 0.389 e. The van der Waals surface area contributed by atoms with Gasteiger partial charge in [-0.05, 0) is 54.7 Å². The fourth-order valence-corrected chi connectivity index (χ4v) is 4.49. The van der Waals surface area contributed by atoms with Crippen molar-refractivity contribution in [2.24, 2.45) is 7.05 Å². The molecule has 1 N–H and O–H groups in total. The van der Waals surface area contributed by atoms with Crippen molar-refractivity contribution in [1.82, 2.24) is 14.5 Å². The zero-order valence-corrected chi connectivity index (χ0v) is 19.1. The van der Waals surface area contributed by atoms with Crippen LogP contribution in [0.5, 0.6) is 0 Å². The number of hydrogen-bond donors (Lipinski definition) is 1. The van der Waals surface area contributed by atoms with Gasteiger partial charge in [-0.2, -0.15) is 18.4 Å². The standard InChI is InChI=1S/C25H24F3N5O2/c1-32-15-20(17-6-10-33(11-7-17)23(34)4-8-25(26,27)28)19-13-18(2-3-22(19)32)31-24(35)21-12-16(14-29)5-9-30-21/h2-3,5,9,12-13,15,17H,4,6-8,10-11H2,1H3,(H,31,35). The average molecular weight is 483 g/mol. The predicted molar refractivity (Wildman–Crippen MR) is 124 cm³/mol. The molecular formula is C25H24F3N5O2. The van der Waals surface area contributed by atoms with Gasteiger partial charge in [-0.1, -0.05) is 0 Å². The van der Waals surface area contributed by atoms with Crippen molar-refractivity contribution in [1.29, 1.82) is 5.26 Å². The summed E-state index contributed by atoms with van der Waals surface area (Å²) in [7, 11) is 1.93. The molecule has 2 aromatic heterocycles. The van der Waals surface area contributed by atoms with Crippen LogP contribution in [0.2, 0.25) is 0 Å². The van der Waals surface area contributed by atoms with Gasteiger partial charge < -0.3 is 14.8 Å². The maximum Gasteiger partial charge on any atom is 0.389 e. The maximum atomic E-state index is 12.6. The van der Waals surface area contributed by atoms with Crippen LogP contribution in [0.3, 0.4) is 0 Å². The van der Waals surface area contributed by atoms with Crippen LogP contribution < -0.4 is 5.32 Å². The van der Waals surface area contributed by atoms with Gasteiger partial charge in [0.1, 0.15) is 5.69 Å². The van der Waals surface area contributed by atoms with E-state index in [4.69, 9.17) is 5.26 Å². The molecule has 4 rings (SSSR count). The van der Waals surface area contributed by atoms with Gasteiger partial charge in [0.2, 0.25) is 5.91 Å². The number of fused-ring (bicyclic) bond motifs is 1. The van der Waals surface area contributed by atoms with E-state index in [-0.39, 0.29) is 11.6 Å². The van der Waals surface area contributed by atoms with Crippen LogP contribution in [0.4, 0.5) is 18.9 Å². The lowest BCUT2D eigenvalue weighted by Gasteiger charge is -2.32. The van der Waals surface area contributed by atoms with Gasteiger partial charge in [-0.15, -0.1) is 0 Å². The van der Waals surface area contributed by atoms with E-state index in [0.717, 1.165) is 16.5 Å². The summed E-state index contributed by atoms with van der Waals surface area (Å²) in [6, 6.07) is 10.5. The van der Waals surface area contributed by atoms with Crippen molar-refractivity contribution >= 4 is 28.4 Å². The number of piperidine rings is 1. The van der Waals surface area contributed by atoms with Gasteiger partial charge in [0.25, 0.3) is 5.91 Å². The van der Waals surface area contributed by atoms with Gasteiger partial charge in [-0.3, -0.25) is 14.6 Å². The predicted octanol–water partition coefficient (Wildman–Crippen LogP) is 4.75. The Morgan fingerprint density at radius 1 is 1.20 bits per heavy atom. The van der Waals surface area contributed by atoms with E-state index in [9.17, 15) is 22.8 Å². The number of benzene rings is 1. The number of aromatic nitrogens is 2. The molecule has 0 atom stereocenters. The molecule has 0 unspecified atom stereocenters. The summed E-state index contributed by atoms with van der Waals surface area (Å²) in [5.41, 5.74) is 3.12. The summed E-state index contributed by atoms with van der Waals surface area (Å²) in [4.78, 5) is 30.3. The van der Waals surface area contributed by atoms with Gasteiger partial charge in [0.05, 0.1) is 18.1 Å². The fourth-order valence-electron chi connectivity index (χ4n) is 4.49. The highest BCUT2D eigenvalue weighted by molar-refractivity contribution is 6.04. The molecule has 3 heterocycles. The summed E-state index contributed by atoms with van der Waals surface area (Å²) < 4.78 is 39.3. The van der Waals surface area contributed by atoms with Crippen LogP contribution >= 0.6 is 0 Å². The Morgan fingerprint density at radius 2 is 1.94 bits per heavy atom. The highest BCUT2D eigenvalue weighted by Crippen LogP contribution is 2.36. The molecule has 2 amide bonds. The third kappa shape index (κ3) is 5.62. The number of nitriles is 1. The smallest absolute Gasteiger partial charge is 0.350 e. The number of halogens is 3. The molecule has 1 saturated heterocycles. The number of aryl methyl sites for hydroxylation is 1. The van der Waals surface area contributed by atoms with Crippen LogP contribution in [0.1, 0.15) is 53.2 Å². The normalized spacial score (nSPS) is 14.7. The van der Waals surface area contributed by atoms with Gasteiger partial charge >= 0.3 is 6.18 Å². The van der Waals surface area contributed by atoms with Crippen molar-refractivity contribution in [3.8, 4) is 6.07 Å². The van der Waals surface area contributed by atoms with Crippen LogP contribution in [0.15, 0.2) is 42.7 Å². The maximum absolute atomic E-state index is 12.6. The molecule has 0 spiro atoms. The zero-order chi connectivity index (χ0) is 25.2. The lowest BCUT2D eigenvalue weighted by Crippen LogP contribution is -2.38. The van der Waals surface area contributed by atoms with Crippen LogP contribution in [0.25, 0.3) is 10.9 Å². The van der Waals surface area contributed by atoms with Crippen LogP contribution in [-0.2, 0) is 11.8 Å². The van der Waals surface area contributed by atoms with Crippen molar-refractivity contribution in [2.75, 3.05) is 18.4 Å². The van der Waals surface area contributed by atoms with Gasteiger partial charge in [-0.25, -0.2) is 0 Å². The first-order valence-corrected chi connectivity index (χ1v) is 11.3. The zero-order valence-electron chi connectivity index (χ0n) is 19.1. The second kappa shape index (κ2) is 9.78. The number of nitrogens with zero attached hydrogens (tertiary/aromatic N) is 4. The van der Waals surface area contributed by atoms with Crippen molar-refractivity contribution in [2.45, 2.75) is 37.8 Å². The molecule has 1 fully saturated rings. The number of pyridine rings is 1. The van der Waals surface area contributed by atoms with E-state index in [1.165, 1.54) is 23.2 Å². The molecule has 35 heavy (non-hydrogen) atoms. The summed E-state index contributed by atoms with van der Waals surface area (Å²) >= 11 is 0. The SMILES string of the molecule is Cn1cc(C2CCN(C(=O)CCC(F)(F)F)CC2)c2cc(NC(=O)c3cc(C#N)ccn3)ccc21. The molecule has 10 heteroatoms. The van der Waals surface area contributed by atoms with Crippen LogP contribution in [-0.4, -0.2) is 45.5 Å². The van der Waals surface area contributed by atoms with E-state index in [2.05, 4.69) is 10.3 Å². The first kappa shape index (κ1) is 24.3. The summed E-state index contributed by atoms with van der Waals surface area (Å²) in [6.45, 7) is 0.824. The molecule has 0 aliphatic carbocycles. The molecule has 1 aliphatic rings. The summed E-state index contributed by atoms with van der Waals surface area (Å²) in [6.07, 6.45) is -1.21. The highest BCUT2D eigenvalue weighted by Gasteiger charge is 2.31. The quantitative estimate of drug-likeness (QED) is 0.567. The molecule has 1 aromatic carbocycles. The Kier molecular flexibility index (Phi) is 6.78. The molecule has 0 bridgehead atoms. The Balaban J connectivity index is 1.47. The number of rotatable bonds is 5. The molecule has 0 saturated carbocycles. The number of carbonyl (C=O) groups is 2. The molecule has 3 aromatic rings. The van der Waals surface area contributed by atoms with E-state index in [0.29, 0.717) is 37.2 Å². The minimum atomic E-state index is -4.33. The number of hydrogen-bond acceptors (Lipinski definition) is 4. The van der Waals surface area contributed by atoms with Gasteiger partial charge in [0, 0.05) is 55.5 Å². The molecule has 7 nitrogen and oxygen atoms in total. The van der Waals surface area contributed by atoms with Crippen molar-refractivity contribution in [3.05, 3.63) is 59.5 Å². The topological polar surface area (TPSA) is 91.0 Å². The minimum absolute atomic E-state index is 0.139. The number of carbonyl (C=O) groups excluding carboxylic acids is 2. The summed E-state index contributed by atoms with van der Waals surface area (Å²) in [5.74, 6) is -0.743. The third-order valence-corrected chi connectivity index (χ3v) is 6.31. The molecule has 1 aliphatic heterocycles. The fraction of sp³-hybridized carbons (Fsp3) is 0.360. The van der Waals surface area contributed by atoms with E-state index in [1.54, 1.807) is 6.07 Å². The number of alkyl halides is 3. The molecule has 182 valence electrons. The van der Waals surface area contributed by atoms with Crippen molar-refractivity contribution in [3.63, 3.8) is 0 Å². The van der Waals surface area contributed by atoms with Crippen LogP contribution in [0, 0.1) is 11.3 Å². The monoisotopic (exact) mass is 483 g/mol. The van der Waals surface area contributed by atoms with E-state index in [1.807, 2.05) is 36.0 Å². The second-order valence-corrected chi connectivity index (χ2v) is 8.69. The Labute approximate surface area is 200 Å². The molecule has 0 radical (unpaired) electrons. The Morgan fingerprint density at radius 3 is 2.63 bits per heavy atom. The van der Waals surface area contributed by atoms with Gasteiger partial charge in [0.15, 0.2) is 0 Å². The number of amides is 2. The Bertz CT molecular complexity index is 1300. The number of likely N-dealkylation sites (tertiary alicyclic amines) is 1. The Hall–Kier alpha value is -3.87. The second-order valence-electron chi connectivity index (χ2n) is 8.69. The number of anilines is 1. The average Bonchev–Trinajstić information content (AvgIpc) is 3.17. The third-order valence-electron chi connectivity index (χ3n) is 6.31. The van der Waals surface area contributed by atoms with E-state index >= 15 is 0 Å². The van der Waals surface area contributed by atoms with Crippen molar-refractivity contribution < 1.29 is 22.8 Å². The minimum Gasteiger partial charge on any atom is -0.350 e. The first-order chi connectivity index (χ1) is 16.6. The lowest BCUT2D eigenvalue weighted by molar-refractivity contribution is -0.149.